The highest BCUT2D eigenvalue weighted by molar-refractivity contribution is 5.96. The van der Waals surface area contributed by atoms with Crippen LogP contribution in [0.3, 0.4) is 0 Å². The number of nitrogens with zero attached hydrogens (tertiary/aromatic N) is 2. The lowest BCUT2D eigenvalue weighted by atomic mass is 9.96. The van der Waals surface area contributed by atoms with Crippen LogP contribution in [0.25, 0.3) is 0 Å². The molecule has 0 radical (unpaired) electrons. The molecule has 6 heteroatoms. The van der Waals surface area contributed by atoms with Gasteiger partial charge in [0.25, 0.3) is 5.91 Å². The number of ether oxygens (including phenoxy) is 2. The van der Waals surface area contributed by atoms with E-state index >= 15 is 0 Å². The first-order chi connectivity index (χ1) is 16.6. The van der Waals surface area contributed by atoms with Gasteiger partial charge in [0.1, 0.15) is 12.6 Å². The molecular formula is C28H36N2O4. The molecule has 2 aromatic carbocycles. The second kappa shape index (κ2) is 11.4. The molecule has 6 nitrogen and oxygen atoms in total. The maximum absolute atomic E-state index is 14.0. The van der Waals surface area contributed by atoms with Crippen LogP contribution in [0, 0.1) is 0 Å². The van der Waals surface area contributed by atoms with Crippen molar-refractivity contribution in [3.8, 4) is 11.5 Å². The van der Waals surface area contributed by atoms with Gasteiger partial charge in [-0.3, -0.25) is 9.59 Å². The predicted octanol–water partition coefficient (Wildman–Crippen LogP) is 5.12. The van der Waals surface area contributed by atoms with Gasteiger partial charge in [0.15, 0.2) is 11.5 Å². The zero-order valence-electron chi connectivity index (χ0n) is 20.4. The Bertz CT molecular complexity index is 970. The summed E-state index contributed by atoms with van der Waals surface area (Å²) in [5, 5.41) is 0. The van der Waals surface area contributed by atoms with Crippen LogP contribution in [0.15, 0.2) is 48.5 Å². The number of piperazine rings is 1. The molecule has 1 aliphatic carbocycles. The lowest BCUT2D eigenvalue weighted by Gasteiger charge is -2.43. The van der Waals surface area contributed by atoms with E-state index in [9.17, 15) is 9.59 Å². The average Bonchev–Trinajstić information content (AvgIpc) is 3.15. The van der Waals surface area contributed by atoms with Gasteiger partial charge >= 0.3 is 0 Å². The molecule has 0 N–H and O–H groups in total. The Balaban J connectivity index is 1.69. The lowest BCUT2D eigenvalue weighted by Crippen LogP contribution is -2.57. The van der Waals surface area contributed by atoms with E-state index in [1.54, 1.807) is 12.0 Å². The van der Waals surface area contributed by atoms with E-state index < -0.39 is 6.04 Å². The Kier molecular flexibility index (Phi) is 8.09. The third kappa shape index (κ3) is 5.37. The second-order valence-corrected chi connectivity index (χ2v) is 9.28. The highest BCUT2D eigenvalue weighted by atomic mass is 16.5. The van der Waals surface area contributed by atoms with Gasteiger partial charge in [-0.1, -0.05) is 69.0 Å². The van der Waals surface area contributed by atoms with Crippen LogP contribution in [0.4, 0.5) is 0 Å². The Morgan fingerprint density at radius 3 is 2.35 bits per heavy atom. The molecule has 1 saturated carbocycles. The van der Waals surface area contributed by atoms with Crippen LogP contribution in [0.5, 0.6) is 11.5 Å². The quantitative estimate of drug-likeness (QED) is 0.509. The van der Waals surface area contributed by atoms with Gasteiger partial charge in [-0.25, -0.2) is 0 Å². The number of methoxy groups -OCH3 is 1. The van der Waals surface area contributed by atoms with Crippen molar-refractivity contribution in [1.29, 1.82) is 0 Å². The normalized spacial score (nSPS) is 19.8. The molecule has 1 saturated heterocycles. The second-order valence-electron chi connectivity index (χ2n) is 9.28. The van der Waals surface area contributed by atoms with Crippen molar-refractivity contribution in [2.75, 3.05) is 20.3 Å². The average molecular weight is 465 g/mol. The van der Waals surface area contributed by atoms with E-state index in [1.165, 1.54) is 12.8 Å². The summed E-state index contributed by atoms with van der Waals surface area (Å²) in [6.07, 6.45) is 7.45. The summed E-state index contributed by atoms with van der Waals surface area (Å²) in [7, 11) is 1.60. The molecule has 2 aromatic rings. The third-order valence-electron chi connectivity index (χ3n) is 6.88. The van der Waals surface area contributed by atoms with Crippen molar-refractivity contribution in [3.05, 3.63) is 59.7 Å². The van der Waals surface area contributed by atoms with E-state index in [0.717, 1.165) is 43.2 Å². The number of carbonyl (C=O) groups is 2. The number of hydrogen-bond acceptors (Lipinski definition) is 4. The van der Waals surface area contributed by atoms with E-state index in [2.05, 4.69) is 6.92 Å². The number of benzene rings is 2. The molecule has 0 bridgehead atoms. The van der Waals surface area contributed by atoms with Crippen LogP contribution < -0.4 is 9.47 Å². The molecule has 0 unspecified atom stereocenters. The number of rotatable bonds is 8. The predicted molar refractivity (Wildman–Crippen MR) is 132 cm³/mol. The molecular weight excluding hydrogens is 428 g/mol. The van der Waals surface area contributed by atoms with E-state index in [-0.39, 0.29) is 24.4 Å². The molecule has 1 atom stereocenters. The molecule has 4 rings (SSSR count). The first kappa shape index (κ1) is 24.1. The molecule has 0 spiro atoms. The maximum Gasteiger partial charge on any atom is 0.250 e. The maximum atomic E-state index is 14.0. The van der Waals surface area contributed by atoms with Gasteiger partial charge in [-0.05, 0) is 42.5 Å². The summed E-state index contributed by atoms with van der Waals surface area (Å²) < 4.78 is 11.4. The van der Waals surface area contributed by atoms with Crippen molar-refractivity contribution >= 4 is 11.8 Å². The van der Waals surface area contributed by atoms with Crippen molar-refractivity contribution in [3.63, 3.8) is 0 Å². The number of carbonyl (C=O) groups excluding carboxylic acids is 2. The van der Waals surface area contributed by atoms with Crippen LogP contribution in [0.2, 0.25) is 0 Å². The van der Waals surface area contributed by atoms with E-state index in [4.69, 9.17) is 9.47 Å². The fraction of sp³-hybridized carbons (Fsp3) is 0.500. The monoisotopic (exact) mass is 464 g/mol. The summed E-state index contributed by atoms with van der Waals surface area (Å²) >= 11 is 0. The van der Waals surface area contributed by atoms with Gasteiger partial charge in [-0.15, -0.1) is 0 Å². The largest absolute Gasteiger partial charge is 0.493 e. The topological polar surface area (TPSA) is 59.1 Å². The van der Waals surface area contributed by atoms with E-state index in [0.29, 0.717) is 24.7 Å². The molecule has 34 heavy (non-hydrogen) atoms. The van der Waals surface area contributed by atoms with Gasteiger partial charge in [0.2, 0.25) is 5.91 Å². The minimum Gasteiger partial charge on any atom is -0.493 e. The summed E-state index contributed by atoms with van der Waals surface area (Å²) in [6, 6.07) is 14.9. The lowest BCUT2D eigenvalue weighted by molar-refractivity contribution is -0.159. The van der Waals surface area contributed by atoms with Gasteiger partial charge in [0, 0.05) is 12.6 Å². The minimum atomic E-state index is -0.682. The number of amides is 2. The Morgan fingerprint density at radius 1 is 0.941 bits per heavy atom. The van der Waals surface area contributed by atoms with Gasteiger partial charge in [-0.2, -0.15) is 0 Å². The van der Waals surface area contributed by atoms with Crippen molar-refractivity contribution in [2.24, 2.45) is 0 Å². The van der Waals surface area contributed by atoms with Crippen LogP contribution in [-0.4, -0.2) is 47.9 Å². The smallest absolute Gasteiger partial charge is 0.250 e. The molecule has 1 heterocycles. The molecule has 2 fully saturated rings. The summed E-state index contributed by atoms with van der Waals surface area (Å²) in [4.78, 5) is 31.1. The fourth-order valence-electron chi connectivity index (χ4n) is 5.09. The minimum absolute atomic E-state index is 0.00621. The van der Waals surface area contributed by atoms with Crippen molar-refractivity contribution in [1.82, 2.24) is 9.80 Å². The Hall–Kier alpha value is -3.02. The number of hydrogen-bond donors (Lipinski definition) is 0. The Labute approximate surface area is 202 Å². The standard InChI is InChI=1S/C28H36N2O4/c1-3-17-34-24-16-15-22(18-25(24)33-2)27-28(32)29(23-13-9-4-5-10-14-23)20-26(31)30(27)19-21-11-7-6-8-12-21/h6-8,11-12,15-16,18,23,27H,3-5,9-10,13-14,17,19-20H2,1-2H3/t27-/m0/s1. The van der Waals surface area contributed by atoms with Gasteiger partial charge in [0.05, 0.1) is 13.7 Å². The van der Waals surface area contributed by atoms with Gasteiger partial charge < -0.3 is 19.3 Å². The highest BCUT2D eigenvalue weighted by Crippen LogP contribution is 2.37. The Morgan fingerprint density at radius 2 is 1.68 bits per heavy atom. The van der Waals surface area contributed by atoms with Crippen molar-refractivity contribution in [2.45, 2.75) is 70.5 Å². The first-order valence-electron chi connectivity index (χ1n) is 12.6. The zero-order chi connectivity index (χ0) is 23.9. The molecule has 2 aliphatic rings. The first-order valence-corrected chi connectivity index (χ1v) is 12.6. The van der Waals surface area contributed by atoms with Crippen molar-refractivity contribution < 1.29 is 19.1 Å². The molecule has 0 aromatic heterocycles. The highest BCUT2D eigenvalue weighted by Gasteiger charge is 2.43. The summed E-state index contributed by atoms with van der Waals surface area (Å²) in [5.41, 5.74) is 1.76. The fourth-order valence-corrected chi connectivity index (χ4v) is 5.09. The van der Waals surface area contributed by atoms with Crippen LogP contribution in [0.1, 0.15) is 69.0 Å². The molecule has 1 aliphatic heterocycles. The van der Waals surface area contributed by atoms with Crippen LogP contribution >= 0.6 is 0 Å². The SMILES string of the molecule is CCCOc1ccc([C@H]2C(=O)N(C3CCCCCC3)CC(=O)N2Cc2ccccc2)cc1OC. The molecule has 2 amide bonds. The van der Waals surface area contributed by atoms with Crippen LogP contribution in [-0.2, 0) is 16.1 Å². The third-order valence-corrected chi connectivity index (χ3v) is 6.88. The van der Waals surface area contributed by atoms with E-state index in [1.807, 2.05) is 53.4 Å². The summed E-state index contributed by atoms with van der Waals surface area (Å²) in [5.74, 6) is 1.23. The summed E-state index contributed by atoms with van der Waals surface area (Å²) in [6.45, 7) is 3.19. The zero-order valence-corrected chi connectivity index (χ0v) is 20.4. The molecule has 182 valence electrons.